The van der Waals surface area contributed by atoms with Gasteiger partial charge in [0.1, 0.15) is 5.69 Å². The molecule has 3 rings (SSSR count). The highest BCUT2D eigenvalue weighted by Crippen LogP contribution is 2.23. The molecule has 7 heteroatoms. The van der Waals surface area contributed by atoms with Crippen LogP contribution >= 0.6 is 23.2 Å². The molecule has 0 fully saturated rings. The lowest BCUT2D eigenvalue weighted by Crippen LogP contribution is -2.14. The molecule has 0 radical (unpaired) electrons. The molecule has 0 saturated carbocycles. The van der Waals surface area contributed by atoms with Crippen LogP contribution in [0.25, 0.3) is 0 Å². The molecule has 0 spiro atoms. The van der Waals surface area contributed by atoms with Gasteiger partial charge < -0.3 is 10.6 Å². The lowest BCUT2D eigenvalue weighted by atomic mass is 10.2. The van der Waals surface area contributed by atoms with Gasteiger partial charge in [0.2, 0.25) is 0 Å². The van der Waals surface area contributed by atoms with E-state index < -0.39 is 0 Å². The summed E-state index contributed by atoms with van der Waals surface area (Å²) >= 11 is 11.8. The summed E-state index contributed by atoms with van der Waals surface area (Å²) in [4.78, 5) is 28.5. The predicted molar refractivity (Wildman–Crippen MR) is 103 cm³/mol. The van der Waals surface area contributed by atoms with Crippen molar-refractivity contribution in [1.29, 1.82) is 0 Å². The first kappa shape index (κ1) is 17.9. The van der Waals surface area contributed by atoms with Gasteiger partial charge >= 0.3 is 0 Å². The Bertz CT molecular complexity index is 962. The molecule has 0 aliphatic carbocycles. The second-order valence-electron chi connectivity index (χ2n) is 5.33. The van der Waals surface area contributed by atoms with Crippen LogP contribution in [-0.4, -0.2) is 16.8 Å². The summed E-state index contributed by atoms with van der Waals surface area (Å²) in [5.74, 6) is -0.671. The van der Waals surface area contributed by atoms with Gasteiger partial charge in [-0.05, 0) is 48.5 Å². The van der Waals surface area contributed by atoms with Gasteiger partial charge in [0, 0.05) is 23.1 Å². The van der Waals surface area contributed by atoms with E-state index in [2.05, 4.69) is 15.6 Å². The number of pyridine rings is 1. The van der Waals surface area contributed by atoms with Gasteiger partial charge in [-0.2, -0.15) is 0 Å². The third-order valence-corrected chi connectivity index (χ3v) is 4.20. The molecule has 1 aromatic heterocycles. The Hall–Kier alpha value is -2.89. The van der Waals surface area contributed by atoms with E-state index in [-0.39, 0.29) is 11.8 Å². The Morgan fingerprint density at radius 3 is 2.15 bits per heavy atom. The minimum Gasteiger partial charge on any atom is -0.322 e. The highest BCUT2D eigenvalue weighted by Gasteiger charge is 2.10. The van der Waals surface area contributed by atoms with E-state index in [1.165, 1.54) is 6.07 Å². The first-order valence-corrected chi connectivity index (χ1v) is 8.37. The Balaban J connectivity index is 1.72. The van der Waals surface area contributed by atoms with Crippen molar-refractivity contribution in [3.05, 3.63) is 88.2 Å². The number of benzene rings is 2. The topological polar surface area (TPSA) is 71.1 Å². The van der Waals surface area contributed by atoms with Crippen LogP contribution in [0.2, 0.25) is 10.0 Å². The molecule has 3 aromatic rings. The van der Waals surface area contributed by atoms with Crippen molar-refractivity contribution >= 4 is 46.4 Å². The number of carbonyl (C=O) groups is 2. The highest BCUT2D eigenvalue weighted by molar-refractivity contribution is 6.42. The zero-order valence-corrected chi connectivity index (χ0v) is 14.9. The average Bonchev–Trinajstić information content (AvgIpc) is 2.65. The molecule has 5 nitrogen and oxygen atoms in total. The summed E-state index contributed by atoms with van der Waals surface area (Å²) in [5.41, 5.74) is 1.74. The van der Waals surface area contributed by atoms with Crippen LogP contribution in [0.1, 0.15) is 20.8 Å². The number of amides is 2. The first-order chi connectivity index (χ1) is 12.5. The molecular formula is C19H13Cl2N3O2. The first-order valence-electron chi connectivity index (χ1n) is 7.62. The van der Waals surface area contributed by atoms with Gasteiger partial charge in [-0.3, -0.25) is 14.6 Å². The number of hydrogen-bond donors (Lipinski definition) is 2. The maximum absolute atomic E-state index is 12.3. The Kier molecular flexibility index (Phi) is 5.51. The second-order valence-corrected chi connectivity index (χ2v) is 6.15. The van der Waals surface area contributed by atoms with Crippen LogP contribution in [0.5, 0.6) is 0 Å². The van der Waals surface area contributed by atoms with Gasteiger partial charge in [-0.15, -0.1) is 0 Å². The van der Waals surface area contributed by atoms with Crippen molar-refractivity contribution in [3.63, 3.8) is 0 Å². The van der Waals surface area contributed by atoms with E-state index >= 15 is 0 Å². The summed E-state index contributed by atoms with van der Waals surface area (Å²) in [7, 11) is 0. The number of halogens is 2. The van der Waals surface area contributed by atoms with Crippen molar-refractivity contribution in [2.45, 2.75) is 0 Å². The number of hydrogen-bond acceptors (Lipinski definition) is 3. The number of aromatic nitrogens is 1. The molecule has 0 atom stereocenters. The summed E-state index contributed by atoms with van der Waals surface area (Å²) in [6.45, 7) is 0. The smallest absolute Gasteiger partial charge is 0.274 e. The number of rotatable bonds is 4. The summed E-state index contributed by atoms with van der Waals surface area (Å²) < 4.78 is 0. The highest BCUT2D eigenvalue weighted by atomic mass is 35.5. The fourth-order valence-electron chi connectivity index (χ4n) is 2.21. The van der Waals surface area contributed by atoms with Gasteiger partial charge in [-0.1, -0.05) is 35.3 Å². The molecule has 2 amide bonds. The van der Waals surface area contributed by atoms with Gasteiger partial charge in [0.15, 0.2) is 0 Å². The van der Waals surface area contributed by atoms with E-state index in [1.54, 1.807) is 60.8 Å². The average molecular weight is 386 g/mol. The fourth-order valence-corrected chi connectivity index (χ4v) is 2.51. The van der Waals surface area contributed by atoms with Crippen LogP contribution in [0.4, 0.5) is 11.4 Å². The maximum atomic E-state index is 12.3. The van der Waals surface area contributed by atoms with E-state index in [1.807, 2.05) is 0 Å². The van der Waals surface area contributed by atoms with Gasteiger partial charge in [0.05, 0.1) is 10.0 Å². The SMILES string of the molecule is O=C(Nc1cccc(NC(=O)c2ccccn2)c1)c1ccc(Cl)c(Cl)c1. The third kappa shape index (κ3) is 4.39. The van der Waals surface area contributed by atoms with Crippen molar-refractivity contribution in [2.75, 3.05) is 10.6 Å². The minimum absolute atomic E-state index is 0.302. The molecule has 2 N–H and O–H groups in total. The standard InChI is InChI=1S/C19H13Cl2N3O2/c20-15-8-7-12(10-16(15)21)18(25)23-13-4-3-5-14(11-13)24-19(26)17-6-1-2-9-22-17/h1-11H,(H,23,25)(H,24,26). The molecule has 130 valence electrons. The number of anilines is 2. The van der Waals surface area contributed by atoms with Gasteiger partial charge in [-0.25, -0.2) is 0 Å². The predicted octanol–water partition coefficient (Wildman–Crippen LogP) is 4.89. The maximum Gasteiger partial charge on any atom is 0.274 e. The fraction of sp³-hybridized carbons (Fsp3) is 0. The van der Waals surface area contributed by atoms with E-state index in [0.717, 1.165) is 0 Å². The van der Waals surface area contributed by atoms with E-state index in [4.69, 9.17) is 23.2 Å². The lowest BCUT2D eigenvalue weighted by Gasteiger charge is -2.09. The summed E-state index contributed by atoms with van der Waals surface area (Å²) in [5, 5.41) is 6.17. The number of carbonyl (C=O) groups excluding carboxylic acids is 2. The van der Waals surface area contributed by atoms with Crippen molar-refractivity contribution in [2.24, 2.45) is 0 Å². The molecule has 0 bridgehead atoms. The zero-order chi connectivity index (χ0) is 18.5. The molecule has 0 aliphatic heterocycles. The molecule has 0 aliphatic rings. The molecular weight excluding hydrogens is 373 g/mol. The van der Waals surface area contributed by atoms with Crippen LogP contribution in [0, 0.1) is 0 Å². The Morgan fingerprint density at radius 2 is 1.50 bits per heavy atom. The molecule has 1 heterocycles. The van der Waals surface area contributed by atoms with Crippen molar-refractivity contribution < 1.29 is 9.59 Å². The van der Waals surface area contributed by atoms with Crippen LogP contribution in [0.3, 0.4) is 0 Å². The lowest BCUT2D eigenvalue weighted by molar-refractivity contribution is 0.101. The molecule has 2 aromatic carbocycles. The van der Waals surface area contributed by atoms with Crippen molar-refractivity contribution in [1.82, 2.24) is 4.98 Å². The van der Waals surface area contributed by atoms with Crippen molar-refractivity contribution in [3.8, 4) is 0 Å². The molecule has 26 heavy (non-hydrogen) atoms. The quantitative estimate of drug-likeness (QED) is 0.671. The number of nitrogens with zero attached hydrogens (tertiary/aromatic N) is 1. The normalized spacial score (nSPS) is 10.2. The van der Waals surface area contributed by atoms with Crippen LogP contribution in [0.15, 0.2) is 66.9 Å². The molecule has 0 unspecified atom stereocenters. The van der Waals surface area contributed by atoms with Crippen LogP contribution in [-0.2, 0) is 0 Å². The third-order valence-electron chi connectivity index (χ3n) is 3.46. The van der Waals surface area contributed by atoms with E-state index in [0.29, 0.717) is 32.7 Å². The van der Waals surface area contributed by atoms with E-state index in [9.17, 15) is 9.59 Å². The summed E-state index contributed by atoms with van der Waals surface area (Å²) in [6, 6.07) is 16.5. The second kappa shape index (κ2) is 7.99. The number of nitrogens with one attached hydrogen (secondary N) is 2. The summed E-state index contributed by atoms with van der Waals surface area (Å²) in [6.07, 6.45) is 1.54. The van der Waals surface area contributed by atoms with Gasteiger partial charge in [0.25, 0.3) is 11.8 Å². The largest absolute Gasteiger partial charge is 0.322 e. The van der Waals surface area contributed by atoms with Crippen LogP contribution < -0.4 is 10.6 Å². The Morgan fingerprint density at radius 1 is 0.769 bits per heavy atom. The Labute approximate surface area is 160 Å². The molecule has 0 saturated heterocycles. The minimum atomic E-state index is -0.336. The monoisotopic (exact) mass is 385 g/mol. The zero-order valence-electron chi connectivity index (χ0n) is 13.4.